The number of amides is 2. The SMILES string of the molecule is O=C(Cc1csc(NC(=O)Cc2ccccc2)n1)Nc1cccc(Br)c1. The van der Waals surface area contributed by atoms with E-state index in [1.54, 1.807) is 5.38 Å². The van der Waals surface area contributed by atoms with E-state index in [9.17, 15) is 9.59 Å². The number of carbonyl (C=O) groups excluding carboxylic acids is 2. The van der Waals surface area contributed by atoms with Gasteiger partial charge in [-0.1, -0.05) is 52.3 Å². The van der Waals surface area contributed by atoms with Crippen LogP contribution in [0.25, 0.3) is 0 Å². The second-order valence-electron chi connectivity index (χ2n) is 5.59. The zero-order valence-corrected chi connectivity index (χ0v) is 16.1. The van der Waals surface area contributed by atoms with Gasteiger partial charge in [0.25, 0.3) is 0 Å². The highest BCUT2D eigenvalue weighted by Gasteiger charge is 2.11. The van der Waals surface area contributed by atoms with Crippen LogP contribution in [0, 0.1) is 0 Å². The third kappa shape index (κ3) is 5.50. The van der Waals surface area contributed by atoms with Gasteiger partial charge in [0.2, 0.25) is 11.8 Å². The van der Waals surface area contributed by atoms with Crippen LogP contribution < -0.4 is 10.6 Å². The number of halogens is 1. The molecule has 0 atom stereocenters. The molecule has 0 aliphatic carbocycles. The fraction of sp³-hybridized carbons (Fsp3) is 0.105. The smallest absolute Gasteiger partial charge is 0.230 e. The van der Waals surface area contributed by atoms with Gasteiger partial charge in [-0.15, -0.1) is 11.3 Å². The maximum absolute atomic E-state index is 12.1. The van der Waals surface area contributed by atoms with E-state index in [-0.39, 0.29) is 18.2 Å². The second kappa shape index (κ2) is 8.73. The molecule has 0 spiro atoms. The summed E-state index contributed by atoms with van der Waals surface area (Å²) in [5.74, 6) is -0.286. The average molecular weight is 430 g/mol. The number of anilines is 2. The van der Waals surface area contributed by atoms with E-state index >= 15 is 0 Å². The van der Waals surface area contributed by atoms with Crippen LogP contribution in [-0.2, 0) is 22.4 Å². The monoisotopic (exact) mass is 429 g/mol. The summed E-state index contributed by atoms with van der Waals surface area (Å²) in [4.78, 5) is 28.5. The van der Waals surface area contributed by atoms with Crippen molar-refractivity contribution in [3.05, 3.63) is 75.7 Å². The van der Waals surface area contributed by atoms with Crippen molar-refractivity contribution in [2.45, 2.75) is 12.8 Å². The standard InChI is InChI=1S/C19H16BrN3O2S/c20-14-7-4-8-15(10-14)21-18(25)11-16-12-26-19(22-16)23-17(24)9-13-5-2-1-3-6-13/h1-8,10,12H,9,11H2,(H,21,25)(H,22,23,24). The zero-order valence-electron chi connectivity index (χ0n) is 13.7. The highest BCUT2D eigenvalue weighted by atomic mass is 79.9. The Balaban J connectivity index is 1.52. The van der Waals surface area contributed by atoms with Gasteiger partial charge >= 0.3 is 0 Å². The molecule has 0 fully saturated rings. The first-order valence-corrected chi connectivity index (χ1v) is 9.59. The van der Waals surface area contributed by atoms with Gasteiger partial charge in [-0.2, -0.15) is 0 Å². The Morgan fingerprint density at radius 3 is 2.50 bits per heavy atom. The van der Waals surface area contributed by atoms with E-state index in [0.717, 1.165) is 15.7 Å². The van der Waals surface area contributed by atoms with Crippen LogP contribution >= 0.6 is 27.3 Å². The normalized spacial score (nSPS) is 10.3. The minimum atomic E-state index is -0.157. The third-order valence-corrected chi connectivity index (χ3v) is 4.76. The van der Waals surface area contributed by atoms with Gasteiger partial charge in [-0.25, -0.2) is 4.98 Å². The van der Waals surface area contributed by atoms with E-state index in [0.29, 0.717) is 17.2 Å². The van der Waals surface area contributed by atoms with E-state index in [2.05, 4.69) is 31.5 Å². The van der Waals surface area contributed by atoms with Crippen LogP contribution in [0.2, 0.25) is 0 Å². The lowest BCUT2D eigenvalue weighted by molar-refractivity contribution is -0.116. The highest BCUT2D eigenvalue weighted by molar-refractivity contribution is 9.10. The number of nitrogens with one attached hydrogen (secondary N) is 2. The molecule has 1 heterocycles. The molecular formula is C19H16BrN3O2S. The molecule has 0 aliphatic rings. The maximum Gasteiger partial charge on any atom is 0.230 e. The van der Waals surface area contributed by atoms with E-state index in [1.807, 2.05) is 54.6 Å². The molecule has 1 aromatic heterocycles. The summed E-state index contributed by atoms with van der Waals surface area (Å²) in [5.41, 5.74) is 2.28. The van der Waals surface area contributed by atoms with Crippen LogP contribution in [0.15, 0.2) is 64.5 Å². The predicted molar refractivity (Wildman–Crippen MR) is 107 cm³/mol. The van der Waals surface area contributed by atoms with Crippen LogP contribution in [-0.4, -0.2) is 16.8 Å². The zero-order chi connectivity index (χ0) is 18.4. The summed E-state index contributed by atoms with van der Waals surface area (Å²) >= 11 is 4.68. The van der Waals surface area contributed by atoms with Gasteiger partial charge < -0.3 is 10.6 Å². The molecule has 2 amide bonds. The van der Waals surface area contributed by atoms with Gasteiger partial charge in [-0.05, 0) is 23.8 Å². The summed E-state index contributed by atoms with van der Waals surface area (Å²) < 4.78 is 0.896. The average Bonchev–Trinajstić information content (AvgIpc) is 3.02. The summed E-state index contributed by atoms with van der Waals surface area (Å²) in [5, 5.41) is 7.87. The highest BCUT2D eigenvalue weighted by Crippen LogP contribution is 2.18. The Labute approximate surface area is 163 Å². The molecule has 0 saturated carbocycles. The van der Waals surface area contributed by atoms with Crippen LogP contribution in [0.1, 0.15) is 11.3 Å². The predicted octanol–water partition coefficient (Wildman–Crippen LogP) is 4.27. The number of benzene rings is 2. The molecule has 3 rings (SSSR count). The van der Waals surface area contributed by atoms with Crippen molar-refractivity contribution in [1.29, 1.82) is 0 Å². The molecule has 2 N–H and O–H groups in total. The number of nitrogens with zero attached hydrogens (tertiary/aromatic N) is 1. The van der Waals surface area contributed by atoms with E-state index in [1.165, 1.54) is 11.3 Å². The van der Waals surface area contributed by atoms with Gasteiger partial charge in [0, 0.05) is 15.5 Å². The molecule has 0 saturated heterocycles. The first kappa shape index (κ1) is 18.3. The molecule has 2 aromatic carbocycles. The Morgan fingerprint density at radius 2 is 1.73 bits per heavy atom. The van der Waals surface area contributed by atoms with Crippen molar-refractivity contribution < 1.29 is 9.59 Å². The maximum atomic E-state index is 12.1. The number of rotatable bonds is 6. The fourth-order valence-electron chi connectivity index (χ4n) is 2.33. The summed E-state index contributed by atoms with van der Waals surface area (Å²) in [7, 11) is 0. The Morgan fingerprint density at radius 1 is 0.962 bits per heavy atom. The van der Waals surface area contributed by atoms with Crippen LogP contribution in [0.5, 0.6) is 0 Å². The minimum absolute atomic E-state index is 0.129. The molecule has 0 unspecified atom stereocenters. The largest absolute Gasteiger partial charge is 0.326 e. The summed E-state index contributed by atoms with van der Waals surface area (Å²) in [6.45, 7) is 0. The van der Waals surface area contributed by atoms with Gasteiger partial charge in [0.1, 0.15) is 0 Å². The van der Waals surface area contributed by atoms with Crippen molar-refractivity contribution in [1.82, 2.24) is 4.98 Å². The molecule has 0 aliphatic heterocycles. The molecule has 0 bridgehead atoms. The first-order chi connectivity index (χ1) is 12.6. The topological polar surface area (TPSA) is 71.1 Å². The molecule has 26 heavy (non-hydrogen) atoms. The summed E-state index contributed by atoms with van der Waals surface area (Å²) in [6, 6.07) is 16.9. The quantitative estimate of drug-likeness (QED) is 0.614. The molecule has 5 nitrogen and oxygen atoms in total. The Bertz CT molecular complexity index is 912. The number of aromatic nitrogens is 1. The van der Waals surface area contributed by atoms with Crippen molar-refractivity contribution >= 4 is 49.9 Å². The fourth-order valence-corrected chi connectivity index (χ4v) is 3.45. The Kier molecular flexibility index (Phi) is 6.14. The number of hydrogen-bond acceptors (Lipinski definition) is 4. The lowest BCUT2D eigenvalue weighted by atomic mass is 10.1. The van der Waals surface area contributed by atoms with Crippen molar-refractivity contribution in [3.63, 3.8) is 0 Å². The lowest BCUT2D eigenvalue weighted by Crippen LogP contribution is -2.16. The van der Waals surface area contributed by atoms with Crippen molar-refractivity contribution in [2.24, 2.45) is 0 Å². The van der Waals surface area contributed by atoms with Gasteiger partial charge in [0.15, 0.2) is 5.13 Å². The molecule has 3 aromatic rings. The van der Waals surface area contributed by atoms with Crippen LogP contribution in [0.4, 0.5) is 10.8 Å². The molecule has 7 heteroatoms. The second-order valence-corrected chi connectivity index (χ2v) is 7.36. The van der Waals surface area contributed by atoms with Crippen molar-refractivity contribution in [2.75, 3.05) is 10.6 Å². The number of carbonyl (C=O) groups is 2. The minimum Gasteiger partial charge on any atom is -0.326 e. The molecular weight excluding hydrogens is 414 g/mol. The van der Waals surface area contributed by atoms with E-state index < -0.39 is 0 Å². The lowest BCUT2D eigenvalue weighted by Gasteiger charge is -2.04. The van der Waals surface area contributed by atoms with E-state index in [4.69, 9.17) is 0 Å². The van der Waals surface area contributed by atoms with Crippen LogP contribution in [0.3, 0.4) is 0 Å². The number of thiazole rings is 1. The van der Waals surface area contributed by atoms with Gasteiger partial charge in [0.05, 0.1) is 18.5 Å². The van der Waals surface area contributed by atoms with Gasteiger partial charge in [-0.3, -0.25) is 9.59 Å². The first-order valence-electron chi connectivity index (χ1n) is 7.92. The molecule has 0 radical (unpaired) electrons. The van der Waals surface area contributed by atoms with Crippen molar-refractivity contribution in [3.8, 4) is 0 Å². The summed E-state index contributed by atoms with van der Waals surface area (Å²) in [6.07, 6.45) is 0.441. The third-order valence-electron chi connectivity index (χ3n) is 3.46. The number of hydrogen-bond donors (Lipinski definition) is 2. The Hall–Kier alpha value is -2.51. The molecule has 132 valence electrons.